The van der Waals surface area contributed by atoms with Gasteiger partial charge in [-0.1, -0.05) is 24.3 Å². The molecule has 0 saturated carbocycles. The molecule has 1 aromatic carbocycles. The lowest BCUT2D eigenvalue weighted by Crippen LogP contribution is -2.23. The van der Waals surface area contributed by atoms with E-state index in [1.165, 1.54) is 0 Å². The van der Waals surface area contributed by atoms with Gasteiger partial charge in [0.2, 0.25) is 0 Å². The molecule has 0 amide bonds. The third-order valence-electron chi connectivity index (χ3n) is 3.80. The van der Waals surface area contributed by atoms with E-state index in [1.807, 2.05) is 18.2 Å². The minimum absolute atomic E-state index is 0.0223. The largest absolute Gasteiger partial charge is 0.392 e. The highest BCUT2D eigenvalue weighted by Crippen LogP contribution is 2.29. The first kappa shape index (κ1) is 12.4. The zero-order valence-corrected chi connectivity index (χ0v) is 11.0. The second kappa shape index (κ2) is 5.15. The van der Waals surface area contributed by atoms with Crippen LogP contribution in [-0.4, -0.2) is 36.4 Å². The molecule has 19 heavy (non-hydrogen) atoms. The van der Waals surface area contributed by atoms with Gasteiger partial charge in [-0.25, -0.2) is 4.98 Å². The second-order valence-electron chi connectivity index (χ2n) is 4.90. The Bertz CT molecular complexity index is 585. The summed E-state index contributed by atoms with van der Waals surface area (Å²) in [6, 6.07) is 8.11. The van der Waals surface area contributed by atoms with E-state index < -0.39 is 0 Å². The highest BCUT2D eigenvalue weighted by molar-refractivity contribution is 5.94. The molecule has 0 aliphatic carbocycles. The van der Waals surface area contributed by atoms with Crippen LogP contribution in [0.4, 0.5) is 5.82 Å². The molecule has 0 spiro atoms. The zero-order chi connectivity index (χ0) is 13.2. The van der Waals surface area contributed by atoms with Crippen molar-refractivity contribution >= 4 is 16.6 Å². The summed E-state index contributed by atoms with van der Waals surface area (Å²) in [5.74, 6) is 0.993. The van der Waals surface area contributed by atoms with Crippen LogP contribution in [0.3, 0.4) is 0 Å². The van der Waals surface area contributed by atoms with E-state index in [2.05, 4.69) is 16.0 Å². The van der Waals surface area contributed by atoms with E-state index in [4.69, 9.17) is 4.74 Å². The van der Waals surface area contributed by atoms with Gasteiger partial charge < -0.3 is 14.7 Å². The molecule has 100 valence electrons. The maximum Gasteiger partial charge on any atom is 0.136 e. The molecule has 2 heterocycles. The summed E-state index contributed by atoms with van der Waals surface area (Å²) in [5.41, 5.74) is 0.877. The predicted molar refractivity (Wildman–Crippen MR) is 75.3 cm³/mol. The van der Waals surface area contributed by atoms with E-state index in [0.717, 1.165) is 41.7 Å². The predicted octanol–water partition coefficient (Wildman–Crippen LogP) is 1.95. The molecule has 4 nitrogen and oxygen atoms in total. The van der Waals surface area contributed by atoms with Crippen molar-refractivity contribution in [3.05, 3.63) is 36.0 Å². The fourth-order valence-corrected chi connectivity index (χ4v) is 2.73. The molecule has 1 saturated heterocycles. The Hall–Kier alpha value is -1.65. The molecule has 1 fully saturated rings. The monoisotopic (exact) mass is 258 g/mol. The van der Waals surface area contributed by atoms with E-state index in [9.17, 15) is 5.11 Å². The van der Waals surface area contributed by atoms with E-state index in [-0.39, 0.29) is 12.7 Å². The summed E-state index contributed by atoms with van der Waals surface area (Å²) in [5, 5.41) is 11.6. The average Bonchev–Trinajstić information content (AvgIpc) is 2.95. The number of methoxy groups -OCH3 is 1. The van der Waals surface area contributed by atoms with E-state index in [0.29, 0.717) is 0 Å². The fourth-order valence-electron chi connectivity index (χ4n) is 2.73. The first-order chi connectivity index (χ1) is 9.33. The maximum atomic E-state index is 9.40. The van der Waals surface area contributed by atoms with Gasteiger partial charge in [-0.05, 0) is 11.8 Å². The summed E-state index contributed by atoms with van der Waals surface area (Å²) in [6.45, 7) is 1.87. The molecule has 3 rings (SSSR count). The number of aliphatic hydroxyl groups is 1. The van der Waals surface area contributed by atoms with Gasteiger partial charge in [0.1, 0.15) is 5.82 Å². The Morgan fingerprint density at radius 3 is 2.84 bits per heavy atom. The SMILES string of the molecule is COC1CCN(c2ncc(CO)c3ccccc23)C1. The first-order valence-corrected chi connectivity index (χ1v) is 6.58. The first-order valence-electron chi connectivity index (χ1n) is 6.58. The third kappa shape index (κ3) is 2.17. The number of benzene rings is 1. The number of pyridine rings is 1. The van der Waals surface area contributed by atoms with Gasteiger partial charge in [0.05, 0.1) is 12.7 Å². The van der Waals surface area contributed by atoms with Crippen LogP contribution in [0.15, 0.2) is 30.5 Å². The van der Waals surface area contributed by atoms with E-state index in [1.54, 1.807) is 13.3 Å². The van der Waals surface area contributed by atoms with Crippen LogP contribution >= 0.6 is 0 Å². The smallest absolute Gasteiger partial charge is 0.136 e. The fraction of sp³-hybridized carbons (Fsp3) is 0.400. The van der Waals surface area contributed by atoms with Gasteiger partial charge in [-0.2, -0.15) is 0 Å². The van der Waals surface area contributed by atoms with Crippen molar-refractivity contribution in [2.24, 2.45) is 0 Å². The van der Waals surface area contributed by atoms with Crippen molar-refractivity contribution in [2.45, 2.75) is 19.1 Å². The molecule has 1 aliphatic rings. The number of hydrogen-bond donors (Lipinski definition) is 1. The number of aromatic nitrogens is 1. The molecule has 1 N–H and O–H groups in total. The number of ether oxygens (including phenoxy) is 1. The average molecular weight is 258 g/mol. The highest BCUT2D eigenvalue weighted by atomic mass is 16.5. The van der Waals surface area contributed by atoms with Gasteiger partial charge >= 0.3 is 0 Å². The number of nitrogens with zero attached hydrogens (tertiary/aromatic N) is 2. The van der Waals surface area contributed by atoms with Crippen molar-refractivity contribution in [1.29, 1.82) is 0 Å². The Kier molecular flexibility index (Phi) is 3.36. The lowest BCUT2D eigenvalue weighted by atomic mass is 10.1. The van der Waals surface area contributed by atoms with Crippen LogP contribution < -0.4 is 4.90 Å². The van der Waals surface area contributed by atoms with Gasteiger partial charge in [-0.15, -0.1) is 0 Å². The molecule has 0 radical (unpaired) electrons. The van der Waals surface area contributed by atoms with Gasteiger partial charge in [0.25, 0.3) is 0 Å². The van der Waals surface area contributed by atoms with Crippen LogP contribution in [0.25, 0.3) is 10.8 Å². The van der Waals surface area contributed by atoms with Gasteiger partial charge in [0.15, 0.2) is 0 Å². The van der Waals surface area contributed by atoms with Crippen molar-refractivity contribution in [2.75, 3.05) is 25.1 Å². The molecule has 0 bridgehead atoms. The summed E-state index contributed by atoms with van der Waals surface area (Å²) in [7, 11) is 1.76. The standard InChI is InChI=1S/C15H18N2O2/c1-19-12-6-7-17(9-12)15-14-5-3-2-4-13(14)11(10-18)8-16-15/h2-5,8,12,18H,6-7,9-10H2,1H3. The zero-order valence-electron chi connectivity index (χ0n) is 11.0. The maximum absolute atomic E-state index is 9.40. The molecular weight excluding hydrogens is 240 g/mol. The van der Waals surface area contributed by atoms with E-state index >= 15 is 0 Å². The number of rotatable bonds is 3. The van der Waals surface area contributed by atoms with Crippen molar-refractivity contribution in [3.8, 4) is 0 Å². The Labute approximate surface area is 112 Å². The number of hydrogen-bond acceptors (Lipinski definition) is 4. The van der Waals surface area contributed by atoms with Gasteiger partial charge in [0, 0.05) is 37.3 Å². The van der Waals surface area contributed by atoms with Crippen LogP contribution in [0.5, 0.6) is 0 Å². The minimum Gasteiger partial charge on any atom is -0.392 e. The van der Waals surface area contributed by atoms with Crippen LogP contribution in [0, 0.1) is 0 Å². The number of aliphatic hydroxyl groups excluding tert-OH is 1. The molecule has 1 atom stereocenters. The minimum atomic E-state index is 0.0223. The lowest BCUT2D eigenvalue weighted by molar-refractivity contribution is 0.121. The van der Waals surface area contributed by atoms with Crippen LogP contribution in [-0.2, 0) is 11.3 Å². The van der Waals surface area contributed by atoms with Gasteiger partial charge in [-0.3, -0.25) is 0 Å². The quantitative estimate of drug-likeness (QED) is 0.914. The van der Waals surface area contributed by atoms with Crippen LogP contribution in [0.1, 0.15) is 12.0 Å². The number of anilines is 1. The molecule has 1 aromatic heterocycles. The van der Waals surface area contributed by atoms with Crippen molar-refractivity contribution < 1.29 is 9.84 Å². The second-order valence-corrected chi connectivity index (χ2v) is 4.90. The molecule has 1 aliphatic heterocycles. The van der Waals surface area contributed by atoms with Crippen molar-refractivity contribution in [1.82, 2.24) is 4.98 Å². The number of fused-ring (bicyclic) bond motifs is 1. The molecule has 2 aromatic rings. The molecule has 4 heteroatoms. The summed E-state index contributed by atoms with van der Waals surface area (Å²) in [6.07, 6.45) is 3.10. The van der Waals surface area contributed by atoms with Crippen LogP contribution in [0.2, 0.25) is 0 Å². The topological polar surface area (TPSA) is 45.6 Å². The lowest BCUT2D eigenvalue weighted by Gasteiger charge is -2.20. The Morgan fingerprint density at radius 1 is 1.37 bits per heavy atom. The summed E-state index contributed by atoms with van der Waals surface area (Å²) >= 11 is 0. The highest BCUT2D eigenvalue weighted by Gasteiger charge is 2.24. The third-order valence-corrected chi connectivity index (χ3v) is 3.80. The molecular formula is C15H18N2O2. The Balaban J connectivity index is 2.05. The summed E-state index contributed by atoms with van der Waals surface area (Å²) < 4.78 is 5.41. The summed E-state index contributed by atoms with van der Waals surface area (Å²) in [4.78, 5) is 6.80. The normalized spacial score (nSPS) is 19.3. The Morgan fingerprint density at radius 2 is 2.16 bits per heavy atom. The molecule has 1 unspecified atom stereocenters. The van der Waals surface area contributed by atoms with Crippen molar-refractivity contribution in [3.63, 3.8) is 0 Å².